The molecule has 0 bridgehead atoms. The quantitative estimate of drug-likeness (QED) is 0.167. The number of benzene rings is 3. The van der Waals surface area contributed by atoms with Gasteiger partial charge < -0.3 is 14.8 Å². The van der Waals surface area contributed by atoms with Crippen molar-refractivity contribution in [3.63, 3.8) is 0 Å². The first-order chi connectivity index (χ1) is 15.4. The van der Waals surface area contributed by atoms with E-state index in [9.17, 15) is 10.1 Å². The molecule has 5 nitrogen and oxygen atoms in total. The third kappa shape index (κ3) is 6.82. The van der Waals surface area contributed by atoms with E-state index < -0.39 is 5.91 Å². The number of carbonyl (C=O) groups excluding carboxylic acids is 1. The van der Waals surface area contributed by atoms with Gasteiger partial charge in [0.15, 0.2) is 0 Å². The van der Waals surface area contributed by atoms with Crippen molar-refractivity contribution in [1.82, 2.24) is 0 Å². The van der Waals surface area contributed by atoms with Crippen molar-refractivity contribution in [3.8, 4) is 17.6 Å². The number of halogens is 3. The molecule has 0 atom stereocenters. The van der Waals surface area contributed by atoms with E-state index in [1.807, 2.05) is 42.5 Å². The van der Waals surface area contributed by atoms with Gasteiger partial charge in [-0.2, -0.15) is 5.26 Å². The van der Waals surface area contributed by atoms with Gasteiger partial charge in [0, 0.05) is 9.26 Å². The molecule has 0 unspecified atom stereocenters. The number of ether oxygens (including phenoxy) is 2. The van der Waals surface area contributed by atoms with Crippen molar-refractivity contribution in [2.45, 2.75) is 6.61 Å². The molecule has 1 N–H and O–H groups in total. The van der Waals surface area contributed by atoms with E-state index >= 15 is 0 Å². The van der Waals surface area contributed by atoms with E-state index in [0.29, 0.717) is 18.0 Å². The van der Waals surface area contributed by atoms with Crippen LogP contribution in [0.2, 0.25) is 0 Å². The van der Waals surface area contributed by atoms with Crippen LogP contribution in [0, 0.1) is 22.0 Å². The van der Waals surface area contributed by atoms with Gasteiger partial charge in [-0.05, 0) is 134 Å². The van der Waals surface area contributed by atoms with Crippen LogP contribution in [0.15, 0.2) is 66.2 Å². The van der Waals surface area contributed by atoms with Crippen molar-refractivity contribution in [2.75, 3.05) is 12.4 Å². The lowest BCUT2D eigenvalue weighted by Crippen LogP contribution is -2.13. The molecular weight excluding hydrogens is 745 g/mol. The summed E-state index contributed by atoms with van der Waals surface area (Å²) in [6.45, 7) is 0.464. The Hall–Kier alpha value is -1.85. The van der Waals surface area contributed by atoms with Gasteiger partial charge in [-0.25, -0.2) is 0 Å². The number of methoxy groups -OCH3 is 1. The van der Waals surface area contributed by atoms with Crippen LogP contribution in [-0.4, -0.2) is 13.0 Å². The first kappa shape index (κ1) is 24.8. The summed E-state index contributed by atoms with van der Waals surface area (Å²) in [6, 6.07) is 20.9. The van der Waals surface area contributed by atoms with E-state index in [1.54, 1.807) is 37.5 Å². The molecule has 32 heavy (non-hydrogen) atoms. The van der Waals surface area contributed by atoms with Gasteiger partial charge in [0.25, 0.3) is 5.91 Å². The van der Waals surface area contributed by atoms with Crippen molar-refractivity contribution >= 4 is 85.4 Å². The number of hydrogen-bond acceptors (Lipinski definition) is 4. The molecule has 0 saturated heterocycles. The number of rotatable bonds is 7. The zero-order valence-corrected chi connectivity index (χ0v) is 23.3. The zero-order chi connectivity index (χ0) is 23.1. The van der Waals surface area contributed by atoms with Crippen LogP contribution in [0.3, 0.4) is 0 Å². The normalized spacial score (nSPS) is 10.9. The molecule has 0 heterocycles. The fraction of sp³-hybridized carbons (Fsp3) is 0.0833. The highest BCUT2D eigenvalue weighted by molar-refractivity contribution is 14.1. The van der Waals surface area contributed by atoms with Gasteiger partial charge in [0.2, 0.25) is 0 Å². The Labute approximate surface area is 227 Å². The van der Waals surface area contributed by atoms with Crippen molar-refractivity contribution in [3.05, 3.63) is 88.1 Å². The molecule has 0 saturated carbocycles. The summed E-state index contributed by atoms with van der Waals surface area (Å²) in [5.41, 5.74) is 2.44. The Morgan fingerprint density at radius 2 is 1.66 bits per heavy atom. The average Bonchev–Trinajstić information content (AvgIpc) is 2.78. The lowest BCUT2D eigenvalue weighted by molar-refractivity contribution is -0.112. The van der Waals surface area contributed by atoms with Crippen LogP contribution < -0.4 is 14.8 Å². The molecule has 0 aliphatic heterocycles. The Morgan fingerprint density at radius 1 is 1.03 bits per heavy atom. The molecule has 0 aliphatic carbocycles. The number of hydrogen-bond donors (Lipinski definition) is 1. The summed E-state index contributed by atoms with van der Waals surface area (Å²) >= 11 is 6.68. The third-order valence-corrected chi connectivity index (χ3v) is 6.66. The van der Waals surface area contributed by atoms with Gasteiger partial charge in [-0.3, -0.25) is 4.79 Å². The van der Waals surface area contributed by atoms with Crippen LogP contribution >= 0.6 is 67.8 Å². The Kier molecular flexibility index (Phi) is 9.18. The largest absolute Gasteiger partial charge is 0.497 e. The van der Waals surface area contributed by atoms with E-state index in [0.717, 1.165) is 24.0 Å². The van der Waals surface area contributed by atoms with Crippen molar-refractivity contribution < 1.29 is 14.3 Å². The summed E-state index contributed by atoms with van der Waals surface area (Å²) in [7, 11) is 1.57. The Morgan fingerprint density at radius 3 is 2.22 bits per heavy atom. The molecule has 0 radical (unpaired) electrons. The number of nitrogens with zero attached hydrogens (tertiary/aromatic N) is 1. The minimum atomic E-state index is -0.471. The molecule has 3 aromatic rings. The third-order valence-electron chi connectivity index (χ3n) is 4.34. The molecule has 3 rings (SSSR count). The number of nitrogens with one attached hydrogen (secondary N) is 1. The lowest BCUT2D eigenvalue weighted by atomic mass is 10.1. The standard InChI is InChI=1S/C24H17I3N2O3/c1-31-20-8-6-19(7-9-20)29-24(30)17(13-28)10-16-11-21(26)23(22(27)12-16)32-14-15-2-4-18(25)5-3-15/h2-12H,14H2,1H3,(H,29,30)/b17-10-. The van der Waals surface area contributed by atoms with Crippen LogP contribution in [-0.2, 0) is 11.4 Å². The van der Waals surface area contributed by atoms with Crippen LogP contribution in [0.1, 0.15) is 11.1 Å². The first-order valence-corrected chi connectivity index (χ1v) is 12.6. The number of nitriles is 1. The SMILES string of the molecule is COc1ccc(NC(=O)/C(C#N)=C\c2cc(I)c(OCc3ccc(I)cc3)c(I)c2)cc1. The highest BCUT2D eigenvalue weighted by atomic mass is 127. The van der Waals surface area contributed by atoms with Gasteiger partial charge in [0.05, 0.1) is 14.3 Å². The van der Waals surface area contributed by atoms with Gasteiger partial charge in [-0.1, -0.05) is 12.1 Å². The van der Waals surface area contributed by atoms with Gasteiger partial charge in [-0.15, -0.1) is 0 Å². The highest BCUT2D eigenvalue weighted by Gasteiger charge is 2.13. The molecule has 1 amide bonds. The predicted octanol–water partition coefficient (Wildman–Crippen LogP) is 6.63. The van der Waals surface area contributed by atoms with E-state index in [4.69, 9.17) is 9.47 Å². The van der Waals surface area contributed by atoms with E-state index in [1.165, 1.54) is 3.57 Å². The Bertz CT molecular complexity index is 1160. The van der Waals surface area contributed by atoms with Crippen LogP contribution in [0.25, 0.3) is 6.08 Å². The first-order valence-electron chi connectivity index (χ1n) is 9.33. The summed E-state index contributed by atoms with van der Waals surface area (Å²) < 4.78 is 14.1. The zero-order valence-electron chi connectivity index (χ0n) is 16.9. The molecule has 0 aromatic heterocycles. The molecule has 3 aromatic carbocycles. The minimum Gasteiger partial charge on any atom is -0.497 e. The molecule has 0 fully saturated rings. The second-order valence-electron chi connectivity index (χ2n) is 6.58. The minimum absolute atomic E-state index is 0.0139. The molecule has 0 aliphatic rings. The number of amides is 1. The maximum atomic E-state index is 12.6. The fourth-order valence-corrected chi connectivity index (χ4v) is 5.21. The fourth-order valence-electron chi connectivity index (χ4n) is 2.72. The molecule has 0 spiro atoms. The van der Waals surface area contributed by atoms with Gasteiger partial charge >= 0.3 is 0 Å². The van der Waals surface area contributed by atoms with Crippen LogP contribution in [0.4, 0.5) is 5.69 Å². The predicted molar refractivity (Wildman–Crippen MR) is 151 cm³/mol. The number of anilines is 1. The molecular formula is C24H17I3N2O3. The van der Waals surface area contributed by atoms with Crippen molar-refractivity contribution in [2.24, 2.45) is 0 Å². The monoisotopic (exact) mass is 762 g/mol. The summed E-state index contributed by atoms with van der Waals surface area (Å²) in [4.78, 5) is 12.6. The average molecular weight is 762 g/mol. The van der Waals surface area contributed by atoms with Crippen molar-refractivity contribution in [1.29, 1.82) is 5.26 Å². The second kappa shape index (κ2) is 11.9. The lowest BCUT2D eigenvalue weighted by Gasteiger charge is -2.12. The smallest absolute Gasteiger partial charge is 0.266 e. The summed E-state index contributed by atoms with van der Waals surface area (Å²) in [6.07, 6.45) is 1.58. The number of carbonyl (C=O) groups is 1. The van der Waals surface area contributed by atoms with Crippen LogP contribution in [0.5, 0.6) is 11.5 Å². The molecule has 8 heteroatoms. The highest BCUT2D eigenvalue weighted by Crippen LogP contribution is 2.30. The maximum absolute atomic E-state index is 12.6. The second-order valence-corrected chi connectivity index (χ2v) is 10.2. The maximum Gasteiger partial charge on any atom is 0.266 e. The van der Waals surface area contributed by atoms with E-state index in [-0.39, 0.29) is 5.57 Å². The Balaban J connectivity index is 1.74. The van der Waals surface area contributed by atoms with E-state index in [2.05, 4.69) is 73.1 Å². The molecule has 162 valence electrons. The summed E-state index contributed by atoms with van der Waals surface area (Å²) in [5, 5.41) is 12.2. The summed E-state index contributed by atoms with van der Waals surface area (Å²) in [5.74, 6) is 0.998. The van der Waals surface area contributed by atoms with Gasteiger partial charge in [0.1, 0.15) is 29.7 Å². The topological polar surface area (TPSA) is 71.3 Å².